The van der Waals surface area contributed by atoms with Crippen LogP contribution in [0.1, 0.15) is 43.2 Å². The Kier molecular flexibility index (Phi) is 4.19. The number of thioether (sulfide) groups is 1. The third-order valence-electron chi connectivity index (χ3n) is 6.37. The molecule has 1 spiro atoms. The van der Waals surface area contributed by atoms with Crippen molar-refractivity contribution in [1.82, 2.24) is 19.2 Å². The Labute approximate surface area is 168 Å². The van der Waals surface area contributed by atoms with Crippen molar-refractivity contribution in [3.63, 3.8) is 0 Å². The molecule has 0 bridgehead atoms. The maximum atomic E-state index is 13.6. The molecule has 3 aromatic rings. The van der Waals surface area contributed by atoms with Gasteiger partial charge in [-0.3, -0.25) is 13.8 Å². The fraction of sp³-hybridized carbons (Fsp3) is 0.409. The number of benzene rings is 1. The van der Waals surface area contributed by atoms with Crippen LogP contribution in [0.4, 0.5) is 0 Å². The smallest absolute Gasteiger partial charge is 0.259 e. The summed E-state index contributed by atoms with van der Waals surface area (Å²) < 4.78 is 3.80. The quantitative estimate of drug-likeness (QED) is 0.497. The number of aryl methyl sites for hydroxylation is 1. The van der Waals surface area contributed by atoms with Gasteiger partial charge in [-0.15, -0.1) is 16.8 Å². The van der Waals surface area contributed by atoms with Crippen molar-refractivity contribution < 1.29 is 0 Å². The summed E-state index contributed by atoms with van der Waals surface area (Å²) >= 11 is 1.61. The summed E-state index contributed by atoms with van der Waals surface area (Å²) in [5.74, 6) is 1.36. The van der Waals surface area contributed by atoms with Crippen LogP contribution < -0.4 is 5.56 Å². The molecular formula is C22H24N4OS. The summed E-state index contributed by atoms with van der Waals surface area (Å²) in [4.78, 5) is 13.6. The summed E-state index contributed by atoms with van der Waals surface area (Å²) in [6.07, 6.45) is 8.60. The van der Waals surface area contributed by atoms with Crippen LogP contribution in [0, 0.1) is 0 Å². The first kappa shape index (κ1) is 17.7. The zero-order valence-electron chi connectivity index (χ0n) is 16.1. The summed E-state index contributed by atoms with van der Waals surface area (Å²) in [6, 6.07) is 8.54. The van der Waals surface area contributed by atoms with Crippen molar-refractivity contribution in [2.75, 3.05) is 5.75 Å². The molecule has 1 fully saturated rings. The molecule has 2 aliphatic rings. The number of fused-ring (bicyclic) bond motifs is 6. The Morgan fingerprint density at radius 1 is 1.21 bits per heavy atom. The summed E-state index contributed by atoms with van der Waals surface area (Å²) in [5.41, 5.74) is 4.48. The number of hydrogen-bond acceptors (Lipinski definition) is 4. The van der Waals surface area contributed by atoms with E-state index in [2.05, 4.69) is 45.4 Å². The van der Waals surface area contributed by atoms with Gasteiger partial charge in [0.25, 0.3) is 5.56 Å². The lowest BCUT2D eigenvalue weighted by Crippen LogP contribution is -2.43. The van der Waals surface area contributed by atoms with E-state index in [-0.39, 0.29) is 11.0 Å². The molecule has 0 unspecified atom stereocenters. The largest absolute Gasteiger partial charge is 0.280 e. The van der Waals surface area contributed by atoms with E-state index in [0.717, 1.165) is 47.0 Å². The van der Waals surface area contributed by atoms with Gasteiger partial charge in [0.15, 0.2) is 5.16 Å². The van der Waals surface area contributed by atoms with Gasteiger partial charge in [0.05, 0.1) is 5.69 Å². The van der Waals surface area contributed by atoms with Crippen molar-refractivity contribution in [3.05, 3.63) is 58.4 Å². The number of nitrogens with zero attached hydrogens (tertiary/aromatic N) is 4. The molecule has 1 saturated carbocycles. The second-order valence-electron chi connectivity index (χ2n) is 7.98. The number of hydrogen-bond donors (Lipinski definition) is 0. The van der Waals surface area contributed by atoms with Crippen molar-refractivity contribution >= 4 is 17.5 Å². The molecule has 0 aliphatic heterocycles. The molecule has 28 heavy (non-hydrogen) atoms. The predicted octanol–water partition coefficient (Wildman–Crippen LogP) is 4.13. The van der Waals surface area contributed by atoms with Crippen LogP contribution in [0.25, 0.3) is 17.0 Å². The first-order valence-corrected chi connectivity index (χ1v) is 11.0. The Morgan fingerprint density at radius 2 is 2.00 bits per heavy atom. The van der Waals surface area contributed by atoms with Crippen LogP contribution in [0.5, 0.6) is 0 Å². The summed E-state index contributed by atoms with van der Waals surface area (Å²) in [5, 5.41) is 9.61. The minimum Gasteiger partial charge on any atom is -0.280 e. The molecule has 144 valence electrons. The van der Waals surface area contributed by atoms with Crippen molar-refractivity contribution in [3.8, 4) is 11.3 Å². The lowest BCUT2D eigenvalue weighted by Gasteiger charge is -2.42. The van der Waals surface area contributed by atoms with Gasteiger partial charge in [0, 0.05) is 29.3 Å². The Hall–Kier alpha value is -2.34. The van der Waals surface area contributed by atoms with Crippen molar-refractivity contribution in [1.29, 1.82) is 0 Å². The normalized spacial score (nSPS) is 17.5. The van der Waals surface area contributed by atoms with E-state index in [1.165, 1.54) is 24.8 Å². The highest BCUT2D eigenvalue weighted by Crippen LogP contribution is 2.49. The van der Waals surface area contributed by atoms with Gasteiger partial charge in [-0.1, -0.05) is 61.4 Å². The highest BCUT2D eigenvalue weighted by molar-refractivity contribution is 7.99. The maximum absolute atomic E-state index is 13.6. The molecule has 0 saturated heterocycles. The molecular weight excluding hydrogens is 368 g/mol. The van der Waals surface area contributed by atoms with Crippen LogP contribution in [-0.4, -0.2) is 24.9 Å². The van der Waals surface area contributed by atoms with Crippen molar-refractivity contribution in [2.24, 2.45) is 7.05 Å². The fourth-order valence-corrected chi connectivity index (χ4v) is 5.79. The summed E-state index contributed by atoms with van der Waals surface area (Å²) in [7, 11) is 1.83. The standard InChI is InChI=1S/C22H24N4OS/c1-3-13-28-21-24-23-20-25(2)19(27)17-18(26(20)21)16-10-6-5-9-15(16)14-22(17)11-7-4-8-12-22/h3,5-6,9-10H,1,4,7-8,11-14H2,2H3. The van der Waals surface area contributed by atoms with Crippen LogP contribution in [-0.2, 0) is 18.9 Å². The lowest BCUT2D eigenvalue weighted by atomic mass is 9.62. The average molecular weight is 393 g/mol. The van der Waals surface area contributed by atoms with Crippen LogP contribution >= 0.6 is 11.8 Å². The number of rotatable bonds is 3. The molecule has 5 nitrogen and oxygen atoms in total. The van der Waals surface area contributed by atoms with Gasteiger partial charge < -0.3 is 0 Å². The van der Waals surface area contributed by atoms with Gasteiger partial charge >= 0.3 is 0 Å². The SMILES string of the molecule is C=CCSc1nnc2n(C)c(=O)c3c(n12)-c1ccccc1CC31CCCCC1. The molecule has 5 rings (SSSR count). The van der Waals surface area contributed by atoms with Crippen molar-refractivity contribution in [2.45, 2.75) is 49.1 Å². The van der Waals surface area contributed by atoms with E-state index in [4.69, 9.17) is 0 Å². The van der Waals surface area contributed by atoms with Gasteiger partial charge in [0.1, 0.15) is 0 Å². The first-order valence-electron chi connectivity index (χ1n) is 9.97. The third-order valence-corrected chi connectivity index (χ3v) is 7.29. The monoisotopic (exact) mass is 392 g/mol. The second kappa shape index (κ2) is 6.62. The lowest BCUT2D eigenvalue weighted by molar-refractivity contribution is 0.283. The molecule has 2 heterocycles. The molecule has 1 aromatic carbocycles. The topological polar surface area (TPSA) is 52.2 Å². The van der Waals surface area contributed by atoms with Gasteiger partial charge in [0.2, 0.25) is 5.78 Å². The van der Waals surface area contributed by atoms with Gasteiger partial charge in [-0.25, -0.2) is 0 Å². The van der Waals surface area contributed by atoms with E-state index >= 15 is 0 Å². The Bertz CT molecular complexity index is 1140. The highest BCUT2D eigenvalue weighted by atomic mass is 32.2. The fourth-order valence-electron chi connectivity index (χ4n) is 5.12. The van der Waals surface area contributed by atoms with E-state index < -0.39 is 0 Å². The molecule has 6 heteroatoms. The Morgan fingerprint density at radius 3 is 2.79 bits per heavy atom. The van der Waals surface area contributed by atoms with E-state index in [1.54, 1.807) is 16.3 Å². The molecule has 0 N–H and O–H groups in total. The Balaban J connectivity index is 1.92. The van der Waals surface area contributed by atoms with E-state index in [0.29, 0.717) is 5.78 Å². The van der Waals surface area contributed by atoms with E-state index in [9.17, 15) is 4.79 Å². The van der Waals surface area contributed by atoms with Crippen LogP contribution in [0.3, 0.4) is 0 Å². The minimum absolute atomic E-state index is 0.0738. The molecule has 2 aromatic heterocycles. The van der Waals surface area contributed by atoms with Crippen LogP contribution in [0.15, 0.2) is 46.9 Å². The van der Waals surface area contributed by atoms with Gasteiger partial charge in [-0.2, -0.15) is 0 Å². The maximum Gasteiger partial charge on any atom is 0.259 e. The average Bonchev–Trinajstić information content (AvgIpc) is 3.14. The summed E-state index contributed by atoms with van der Waals surface area (Å²) in [6.45, 7) is 3.83. The zero-order valence-corrected chi connectivity index (χ0v) is 17.0. The number of aromatic nitrogens is 4. The van der Waals surface area contributed by atoms with E-state index in [1.807, 2.05) is 13.1 Å². The van der Waals surface area contributed by atoms with Crippen LogP contribution in [0.2, 0.25) is 0 Å². The first-order chi connectivity index (χ1) is 13.7. The third kappa shape index (κ3) is 2.43. The predicted molar refractivity (Wildman–Crippen MR) is 113 cm³/mol. The molecule has 2 aliphatic carbocycles. The highest BCUT2D eigenvalue weighted by Gasteiger charge is 2.43. The van der Waals surface area contributed by atoms with Gasteiger partial charge in [-0.05, 0) is 24.8 Å². The molecule has 0 amide bonds. The minimum atomic E-state index is -0.0738. The second-order valence-corrected chi connectivity index (χ2v) is 8.97. The molecule has 0 atom stereocenters. The zero-order chi connectivity index (χ0) is 19.3. The molecule has 0 radical (unpaired) electrons.